The average molecular weight is 452 g/mol. The number of carbonyl (C=O) groups excluding carboxylic acids is 1. The second-order valence-electron chi connectivity index (χ2n) is 7.21. The first-order valence-corrected chi connectivity index (χ1v) is 11.0. The zero-order valence-corrected chi connectivity index (χ0v) is 18.5. The van der Waals surface area contributed by atoms with E-state index in [9.17, 15) is 9.18 Å². The number of amides is 1. The summed E-state index contributed by atoms with van der Waals surface area (Å²) in [6, 6.07) is 16.1. The first kappa shape index (κ1) is 21.7. The summed E-state index contributed by atoms with van der Waals surface area (Å²) in [5, 5.41) is 19.4. The summed E-state index contributed by atoms with van der Waals surface area (Å²) in [7, 11) is 0. The molecular weight excluding hydrogens is 429 g/mol. The van der Waals surface area contributed by atoms with Crippen LogP contribution in [0.4, 0.5) is 4.39 Å². The highest BCUT2D eigenvalue weighted by molar-refractivity contribution is 7.99. The molecule has 0 aliphatic heterocycles. The van der Waals surface area contributed by atoms with E-state index in [0.29, 0.717) is 23.9 Å². The monoisotopic (exact) mass is 451 g/mol. The minimum Gasteiger partial charge on any atom is -0.351 e. The van der Waals surface area contributed by atoms with Gasteiger partial charge < -0.3 is 5.32 Å². The molecule has 8 nitrogen and oxygen atoms in total. The van der Waals surface area contributed by atoms with Crippen LogP contribution in [0.1, 0.15) is 22.5 Å². The number of tetrazole rings is 1. The van der Waals surface area contributed by atoms with E-state index in [1.165, 1.54) is 34.1 Å². The Morgan fingerprint density at radius 2 is 1.94 bits per heavy atom. The predicted octanol–water partition coefficient (Wildman–Crippen LogP) is 3.07. The van der Waals surface area contributed by atoms with E-state index in [2.05, 4.69) is 38.1 Å². The smallest absolute Gasteiger partial charge is 0.230 e. The summed E-state index contributed by atoms with van der Waals surface area (Å²) < 4.78 is 16.9. The maximum Gasteiger partial charge on any atom is 0.230 e. The predicted molar refractivity (Wildman–Crippen MR) is 119 cm³/mol. The van der Waals surface area contributed by atoms with E-state index in [0.717, 1.165) is 17.0 Å². The van der Waals surface area contributed by atoms with Gasteiger partial charge in [0.05, 0.1) is 23.7 Å². The number of thioether (sulfide) groups is 1. The second kappa shape index (κ2) is 9.73. The van der Waals surface area contributed by atoms with Gasteiger partial charge in [-0.15, -0.1) is 5.10 Å². The maximum atomic E-state index is 13.5. The molecule has 164 valence electrons. The molecule has 0 spiro atoms. The third kappa shape index (κ3) is 5.02. The van der Waals surface area contributed by atoms with Crippen molar-refractivity contribution in [1.82, 2.24) is 35.3 Å². The first-order valence-electron chi connectivity index (χ1n) is 10.0. The van der Waals surface area contributed by atoms with E-state index in [1.807, 2.05) is 36.7 Å². The SMILES string of the molecule is Cc1nn(Cc2ccccc2)c(C)c1CNC(=O)CSc1nnnn1-c1cccc(F)c1. The van der Waals surface area contributed by atoms with Crippen molar-refractivity contribution in [2.45, 2.75) is 32.1 Å². The average Bonchev–Trinajstić information content (AvgIpc) is 3.36. The summed E-state index contributed by atoms with van der Waals surface area (Å²) in [6.07, 6.45) is 0. The van der Waals surface area contributed by atoms with Crippen LogP contribution in [-0.4, -0.2) is 41.6 Å². The number of nitrogens with zero attached hydrogens (tertiary/aromatic N) is 6. The highest BCUT2D eigenvalue weighted by Crippen LogP contribution is 2.19. The highest BCUT2D eigenvalue weighted by Gasteiger charge is 2.15. The minimum absolute atomic E-state index is 0.131. The van der Waals surface area contributed by atoms with Crippen molar-refractivity contribution < 1.29 is 9.18 Å². The largest absolute Gasteiger partial charge is 0.351 e. The molecule has 10 heteroatoms. The van der Waals surface area contributed by atoms with E-state index in [1.54, 1.807) is 12.1 Å². The van der Waals surface area contributed by atoms with Gasteiger partial charge in [-0.3, -0.25) is 9.48 Å². The lowest BCUT2D eigenvalue weighted by molar-refractivity contribution is -0.118. The van der Waals surface area contributed by atoms with Crippen molar-refractivity contribution in [3.63, 3.8) is 0 Å². The molecule has 4 aromatic rings. The zero-order chi connectivity index (χ0) is 22.5. The lowest BCUT2D eigenvalue weighted by atomic mass is 10.2. The van der Waals surface area contributed by atoms with Crippen molar-refractivity contribution >= 4 is 17.7 Å². The van der Waals surface area contributed by atoms with Gasteiger partial charge in [-0.25, -0.2) is 4.39 Å². The van der Waals surface area contributed by atoms with Crippen LogP contribution in [0.2, 0.25) is 0 Å². The van der Waals surface area contributed by atoms with Gasteiger partial charge >= 0.3 is 0 Å². The molecule has 2 aromatic heterocycles. The molecule has 0 bridgehead atoms. The molecule has 0 atom stereocenters. The van der Waals surface area contributed by atoms with Crippen molar-refractivity contribution in [2.24, 2.45) is 0 Å². The summed E-state index contributed by atoms with van der Waals surface area (Å²) in [5.74, 6) is -0.407. The van der Waals surface area contributed by atoms with Crippen molar-refractivity contribution in [2.75, 3.05) is 5.75 Å². The third-order valence-electron chi connectivity index (χ3n) is 4.99. The standard InChI is InChI=1S/C22H22FN7OS/c1-15-20(16(2)29(26-15)13-17-7-4-3-5-8-17)12-24-21(31)14-32-22-25-27-28-30(22)19-10-6-9-18(23)11-19/h3-11H,12-14H2,1-2H3,(H,24,31). The van der Waals surface area contributed by atoms with Crippen LogP contribution in [-0.2, 0) is 17.9 Å². The van der Waals surface area contributed by atoms with E-state index >= 15 is 0 Å². The topological polar surface area (TPSA) is 90.5 Å². The molecule has 1 N–H and O–H groups in total. The van der Waals surface area contributed by atoms with Gasteiger partial charge in [-0.05, 0) is 48.0 Å². The second-order valence-corrected chi connectivity index (χ2v) is 8.15. The van der Waals surface area contributed by atoms with Gasteiger partial charge in [-0.2, -0.15) is 9.78 Å². The Hall–Kier alpha value is -3.53. The van der Waals surface area contributed by atoms with Crippen molar-refractivity contribution in [1.29, 1.82) is 0 Å². The Balaban J connectivity index is 1.35. The molecule has 4 rings (SSSR count). The molecular formula is C22H22FN7OS. The molecule has 0 unspecified atom stereocenters. The molecule has 2 heterocycles. The van der Waals surface area contributed by atoms with Crippen LogP contribution < -0.4 is 5.32 Å². The Morgan fingerprint density at radius 3 is 2.72 bits per heavy atom. The molecule has 0 saturated carbocycles. The molecule has 0 radical (unpaired) electrons. The van der Waals surface area contributed by atoms with E-state index in [-0.39, 0.29) is 17.5 Å². The molecule has 0 fully saturated rings. The molecule has 1 amide bonds. The maximum absolute atomic E-state index is 13.5. The molecule has 2 aromatic carbocycles. The fourth-order valence-corrected chi connectivity index (χ4v) is 4.03. The fourth-order valence-electron chi connectivity index (χ4n) is 3.31. The Morgan fingerprint density at radius 1 is 1.12 bits per heavy atom. The summed E-state index contributed by atoms with van der Waals surface area (Å²) in [6.45, 7) is 5.02. The number of hydrogen-bond donors (Lipinski definition) is 1. The first-order chi connectivity index (χ1) is 15.5. The van der Waals surface area contributed by atoms with Crippen LogP contribution in [0.15, 0.2) is 59.8 Å². The van der Waals surface area contributed by atoms with Crippen LogP contribution in [0, 0.1) is 19.7 Å². The number of aromatic nitrogens is 6. The van der Waals surface area contributed by atoms with E-state index < -0.39 is 0 Å². The van der Waals surface area contributed by atoms with Crippen LogP contribution in [0.25, 0.3) is 5.69 Å². The lowest BCUT2D eigenvalue weighted by Gasteiger charge is -2.08. The number of nitrogens with one attached hydrogen (secondary N) is 1. The highest BCUT2D eigenvalue weighted by atomic mass is 32.2. The number of carbonyl (C=O) groups is 1. The van der Waals surface area contributed by atoms with Crippen LogP contribution in [0.5, 0.6) is 0 Å². The molecule has 32 heavy (non-hydrogen) atoms. The third-order valence-corrected chi connectivity index (χ3v) is 5.91. The van der Waals surface area contributed by atoms with E-state index in [4.69, 9.17) is 0 Å². The normalized spacial score (nSPS) is 11.0. The number of hydrogen-bond acceptors (Lipinski definition) is 6. The minimum atomic E-state index is -0.384. The van der Waals surface area contributed by atoms with Gasteiger partial charge in [0.1, 0.15) is 5.82 Å². The fraction of sp³-hybridized carbons (Fsp3) is 0.227. The number of halogens is 1. The van der Waals surface area contributed by atoms with Gasteiger partial charge in [0.25, 0.3) is 0 Å². The van der Waals surface area contributed by atoms with Gasteiger partial charge in [-0.1, -0.05) is 48.2 Å². The Bertz CT molecular complexity index is 1220. The van der Waals surface area contributed by atoms with Crippen LogP contribution >= 0.6 is 11.8 Å². The summed E-state index contributed by atoms with van der Waals surface area (Å²) in [5.41, 5.74) is 4.58. The van der Waals surface area contributed by atoms with Crippen LogP contribution in [0.3, 0.4) is 0 Å². The molecule has 0 aliphatic rings. The Labute approximate surface area is 188 Å². The van der Waals surface area contributed by atoms with Gasteiger partial charge in [0.2, 0.25) is 11.1 Å². The number of aryl methyl sites for hydroxylation is 1. The number of rotatable bonds is 8. The Kier molecular flexibility index (Phi) is 6.60. The van der Waals surface area contributed by atoms with Gasteiger partial charge in [0.15, 0.2) is 0 Å². The van der Waals surface area contributed by atoms with Crippen molar-refractivity contribution in [3.8, 4) is 5.69 Å². The molecule has 0 aliphatic carbocycles. The molecule has 0 saturated heterocycles. The summed E-state index contributed by atoms with van der Waals surface area (Å²) in [4.78, 5) is 12.4. The zero-order valence-electron chi connectivity index (χ0n) is 17.7. The van der Waals surface area contributed by atoms with Gasteiger partial charge in [0, 0.05) is 17.8 Å². The summed E-state index contributed by atoms with van der Waals surface area (Å²) >= 11 is 1.18. The van der Waals surface area contributed by atoms with Crippen molar-refractivity contribution in [3.05, 3.63) is 82.9 Å². The lowest BCUT2D eigenvalue weighted by Crippen LogP contribution is -2.25. The quantitative estimate of drug-likeness (QED) is 0.414. The number of benzene rings is 2.